The Morgan fingerprint density at radius 1 is 0.440 bits per heavy atom. The molecule has 0 atom stereocenters. The summed E-state index contributed by atoms with van der Waals surface area (Å²) < 4.78 is 4.20. The van der Waals surface area contributed by atoms with E-state index in [1.165, 1.54) is 0 Å². The fourth-order valence-electron chi connectivity index (χ4n) is 7.07. The third-order valence-corrected chi connectivity index (χ3v) is 9.25. The van der Waals surface area contributed by atoms with E-state index in [0.717, 1.165) is 66.0 Å². The zero-order valence-corrected chi connectivity index (χ0v) is 26.4. The van der Waals surface area contributed by atoms with E-state index >= 15 is 0 Å². The lowest BCUT2D eigenvalue weighted by molar-refractivity contribution is 1.00. The summed E-state index contributed by atoms with van der Waals surface area (Å²) in [6, 6.07) is 50.3. The van der Waals surface area contributed by atoms with E-state index in [0.29, 0.717) is 28.3 Å². The Morgan fingerprint density at radius 2 is 1.02 bits per heavy atom. The van der Waals surface area contributed by atoms with Gasteiger partial charge in [-0.2, -0.15) is 15.8 Å². The molecule has 0 radical (unpaired) electrons. The van der Waals surface area contributed by atoms with Gasteiger partial charge in [0.1, 0.15) is 17.3 Å². The van der Waals surface area contributed by atoms with Gasteiger partial charge in [-0.3, -0.25) is 9.13 Å². The van der Waals surface area contributed by atoms with Crippen molar-refractivity contribution in [2.75, 3.05) is 0 Å². The smallest absolute Gasteiger partial charge is 0.146 e. The van der Waals surface area contributed by atoms with Gasteiger partial charge in [0.15, 0.2) is 0 Å². The predicted molar refractivity (Wildman–Crippen MR) is 196 cm³/mol. The maximum absolute atomic E-state index is 9.78. The lowest BCUT2D eigenvalue weighted by atomic mass is 9.94. The number of benzene rings is 5. The summed E-state index contributed by atoms with van der Waals surface area (Å²) in [5, 5.41) is 33.1. The number of aromatic nitrogens is 4. The monoisotopic (exact) mass is 637 g/mol. The fourth-order valence-corrected chi connectivity index (χ4v) is 7.07. The Morgan fingerprint density at radius 3 is 1.72 bits per heavy atom. The molecule has 0 saturated heterocycles. The summed E-state index contributed by atoms with van der Waals surface area (Å²) in [7, 11) is 0. The van der Waals surface area contributed by atoms with Gasteiger partial charge in [-0.05, 0) is 101 Å². The molecule has 230 valence electrons. The van der Waals surface area contributed by atoms with Gasteiger partial charge in [-0.1, -0.05) is 54.6 Å². The molecular formula is C43H23N7. The maximum Gasteiger partial charge on any atom is 0.146 e. The molecule has 9 rings (SSSR count). The fraction of sp³-hybridized carbons (Fsp3) is 0. The highest BCUT2D eigenvalue weighted by Crippen LogP contribution is 2.39. The minimum atomic E-state index is 0.534. The van der Waals surface area contributed by atoms with Crippen molar-refractivity contribution in [3.05, 3.63) is 156 Å². The summed E-state index contributed by atoms with van der Waals surface area (Å²) in [6.45, 7) is 0. The Hall–Kier alpha value is -7.53. The minimum Gasteiger partial charge on any atom is -0.294 e. The van der Waals surface area contributed by atoms with Gasteiger partial charge in [-0.15, -0.1) is 0 Å². The van der Waals surface area contributed by atoms with Crippen LogP contribution in [0.25, 0.3) is 77.6 Å². The van der Waals surface area contributed by atoms with Gasteiger partial charge < -0.3 is 0 Å². The van der Waals surface area contributed by atoms with Gasteiger partial charge in [-0.25, -0.2) is 9.97 Å². The highest BCUT2D eigenvalue weighted by atomic mass is 15.2. The van der Waals surface area contributed by atoms with Crippen molar-refractivity contribution in [3.8, 4) is 52.1 Å². The highest BCUT2D eigenvalue weighted by Gasteiger charge is 2.20. The summed E-state index contributed by atoms with van der Waals surface area (Å²) in [5.41, 5.74) is 8.95. The summed E-state index contributed by atoms with van der Waals surface area (Å²) in [5.74, 6) is 1.34. The van der Waals surface area contributed by atoms with E-state index in [-0.39, 0.29) is 0 Å². The maximum atomic E-state index is 9.78. The van der Waals surface area contributed by atoms with E-state index < -0.39 is 0 Å². The first-order chi connectivity index (χ1) is 24.6. The van der Waals surface area contributed by atoms with Gasteiger partial charge >= 0.3 is 0 Å². The molecule has 0 fully saturated rings. The molecule has 4 heterocycles. The molecule has 0 unspecified atom stereocenters. The first kappa shape index (κ1) is 28.7. The standard InChI is InChI=1S/C43H23N7/c44-24-27-7-5-8-30(19-27)32-9-1-2-10-33(32)31-22-41(48-42(23-31)50-38-13-4-3-11-34(38)35-12-6-18-47-43(35)50)49-39-16-14-28(25-45)20-36(39)37-21-29(26-46)15-17-40(37)49/h1-23H. The van der Waals surface area contributed by atoms with Gasteiger partial charge in [0.2, 0.25) is 0 Å². The van der Waals surface area contributed by atoms with E-state index in [2.05, 4.69) is 69.8 Å². The molecule has 0 aliphatic carbocycles. The lowest BCUT2D eigenvalue weighted by Crippen LogP contribution is -2.05. The number of hydrogen-bond donors (Lipinski definition) is 0. The average molecular weight is 638 g/mol. The second-order valence-electron chi connectivity index (χ2n) is 12.1. The second-order valence-corrected chi connectivity index (χ2v) is 12.1. The Bertz CT molecular complexity index is 2850. The number of nitriles is 3. The van der Waals surface area contributed by atoms with Crippen LogP contribution >= 0.6 is 0 Å². The van der Waals surface area contributed by atoms with Crippen molar-refractivity contribution in [2.24, 2.45) is 0 Å². The lowest BCUT2D eigenvalue weighted by Gasteiger charge is -2.16. The number of para-hydroxylation sites is 1. The molecule has 4 aromatic heterocycles. The van der Waals surface area contributed by atoms with Crippen molar-refractivity contribution >= 4 is 43.7 Å². The van der Waals surface area contributed by atoms with Crippen LogP contribution in [0.2, 0.25) is 0 Å². The topological polar surface area (TPSA) is 107 Å². The second kappa shape index (κ2) is 11.3. The summed E-state index contributed by atoms with van der Waals surface area (Å²) >= 11 is 0. The van der Waals surface area contributed by atoms with Crippen molar-refractivity contribution in [3.63, 3.8) is 0 Å². The summed E-state index contributed by atoms with van der Waals surface area (Å²) in [4.78, 5) is 10.2. The van der Waals surface area contributed by atoms with Crippen LogP contribution in [-0.2, 0) is 0 Å². The highest BCUT2D eigenvalue weighted by molar-refractivity contribution is 6.10. The van der Waals surface area contributed by atoms with E-state index in [9.17, 15) is 15.8 Å². The van der Waals surface area contributed by atoms with Crippen molar-refractivity contribution in [1.82, 2.24) is 19.1 Å². The molecule has 0 saturated carbocycles. The van der Waals surface area contributed by atoms with Crippen molar-refractivity contribution < 1.29 is 0 Å². The first-order valence-electron chi connectivity index (χ1n) is 16.0. The Labute approximate surface area is 286 Å². The SMILES string of the molecule is N#Cc1cccc(-c2ccccc2-c2cc(-n3c4ccc(C#N)cc4c4cc(C#N)ccc43)nc(-n3c4ccccc4c4cccnc43)c2)c1. The number of hydrogen-bond acceptors (Lipinski definition) is 5. The third kappa shape index (κ3) is 4.42. The van der Waals surface area contributed by atoms with Gasteiger partial charge in [0.05, 0.1) is 51.4 Å². The van der Waals surface area contributed by atoms with Crippen molar-refractivity contribution in [1.29, 1.82) is 15.8 Å². The Kier molecular flexibility index (Phi) is 6.49. The quantitative estimate of drug-likeness (QED) is 0.191. The molecule has 7 nitrogen and oxygen atoms in total. The van der Waals surface area contributed by atoms with Crippen LogP contribution in [0.15, 0.2) is 140 Å². The molecule has 0 amide bonds. The molecule has 7 heteroatoms. The van der Waals surface area contributed by atoms with Crippen LogP contribution in [0.1, 0.15) is 16.7 Å². The Balaban J connectivity index is 1.41. The third-order valence-electron chi connectivity index (χ3n) is 9.25. The van der Waals surface area contributed by atoms with Crippen molar-refractivity contribution in [2.45, 2.75) is 0 Å². The van der Waals surface area contributed by atoms with Crippen LogP contribution < -0.4 is 0 Å². The molecule has 0 spiro atoms. The van der Waals surface area contributed by atoms with Crippen LogP contribution in [0, 0.1) is 34.0 Å². The van der Waals surface area contributed by atoms with Gasteiger partial charge in [0, 0.05) is 27.7 Å². The molecule has 50 heavy (non-hydrogen) atoms. The first-order valence-corrected chi connectivity index (χ1v) is 16.0. The molecule has 0 aliphatic heterocycles. The van der Waals surface area contributed by atoms with E-state index in [1.54, 1.807) is 6.20 Å². The molecule has 0 N–H and O–H groups in total. The minimum absolute atomic E-state index is 0.534. The number of pyridine rings is 2. The number of fused-ring (bicyclic) bond motifs is 6. The zero-order chi connectivity index (χ0) is 33.8. The molecule has 0 bridgehead atoms. The largest absolute Gasteiger partial charge is 0.294 e. The average Bonchev–Trinajstić information content (AvgIpc) is 3.70. The molecule has 5 aromatic carbocycles. The molecular weight excluding hydrogens is 615 g/mol. The zero-order valence-electron chi connectivity index (χ0n) is 26.4. The van der Waals surface area contributed by atoms with Crippen LogP contribution in [0.4, 0.5) is 0 Å². The van der Waals surface area contributed by atoms with Crippen LogP contribution in [0.5, 0.6) is 0 Å². The normalized spacial score (nSPS) is 11.1. The van der Waals surface area contributed by atoms with Gasteiger partial charge in [0.25, 0.3) is 0 Å². The van der Waals surface area contributed by atoms with E-state index in [1.807, 2.05) is 91.0 Å². The summed E-state index contributed by atoms with van der Waals surface area (Å²) in [6.07, 6.45) is 1.80. The number of nitrogens with zero attached hydrogens (tertiary/aromatic N) is 7. The predicted octanol–water partition coefficient (Wildman–Crippen LogP) is 9.62. The van der Waals surface area contributed by atoms with E-state index in [4.69, 9.17) is 9.97 Å². The molecule has 0 aliphatic rings. The number of rotatable bonds is 4. The molecule has 9 aromatic rings. The van der Waals surface area contributed by atoms with Crippen LogP contribution in [0.3, 0.4) is 0 Å². The van der Waals surface area contributed by atoms with Crippen LogP contribution in [-0.4, -0.2) is 19.1 Å².